The first-order valence-corrected chi connectivity index (χ1v) is 10.3. The second-order valence-electron chi connectivity index (χ2n) is 5.95. The average Bonchev–Trinajstić information content (AvgIpc) is 2.42. The van der Waals surface area contributed by atoms with Gasteiger partial charge in [-0.15, -0.1) is 0 Å². The average molecular weight is 322 g/mol. The van der Waals surface area contributed by atoms with Gasteiger partial charge in [0.05, 0.1) is 6.10 Å². The zero-order valence-corrected chi connectivity index (χ0v) is 14.8. The molecular weight excluding hydrogens is 287 g/mol. The van der Waals surface area contributed by atoms with Crippen molar-refractivity contribution in [3.05, 3.63) is 0 Å². The van der Waals surface area contributed by atoms with Crippen LogP contribution in [0.5, 0.6) is 0 Å². The Hall–Kier alpha value is 0.110. The summed E-state index contributed by atoms with van der Waals surface area (Å²) >= 11 is 0. The largest absolute Gasteiger partial charge is 0.469 e. The van der Waals surface area contributed by atoms with Gasteiger partial charge in [0.1, 0.15) is 0 Å². The van der Waals surface area contributed by atoms with Crippen LogP contribution in [-0.2, 0) is 9.09 Å². The number of hydrogen-bond acceptors (Lipinski definition) is 2. The second kappa shape index (κ2) is 13.8. The monoisotopic (exact) mass is 322 g/mol. The molecule has 1 unspecified atom stereocenters. The van der Waals surface area contributed by atoms with Crippen molar-refractivity contribution in [1.29, 1.82) is 0 Å². The van der Waals surface area contributed by atoms with E-state index in [-0.39, 0.29) is 6.10 Å². The molecule has 0 fully saturated rings. The van der Waals surface area contributed by atoms with Crippen molar-refractivity contribution in [3.63, 3.8) is 0 Å². The lowest BCUT2D eigenvalue weighted by Crippen LogP contribution is -2.09. The van der Waals surface area contributed by atoms with Gasteiger partial charge in [0, 0.05) is 0 Å². The van der Waals surface area contributed by atoms with Crippen molar-refractivity contribution in [2.75, 3.05) is 0 Å². The zero-order valence-electron chi connectivity index (χ0n) is 13.9. The van der Waals surface area contributed by atoms with E-state index in [1.54, 1.807) is 0 Å². The van der Waals surface area contributed by atoms with Crippen molar-refractivity contribution in [2.24, 2.45) is 0 Å². The summed E-state index contributed by atoms with van der Waals surface area (Å²) in [6.07, 6.45) is 15.2. The topological polar surface area (TPSA) is 66.8 Å². The quantitative estimate of drug-likeness (QED) is 0.305. The van der Waals surface area contributed by atoms with Gasteiger partial charge < -0.3 is 9.79 Å². The molecule has 4 nitrogen and oxygen atoms in total. The molecular formula is C16H35O4P. The van der Waals surface area contributed by atoms with E-state index in [1.165, 1.54) is 57.8 Å². The Bertz CT molecular complexity index is 265. The van der Waals surface area contributed by atoms with Gasteiger partial charge in [0.25, 0.3) is 0 Å². The predicted molar refractivity (Wildman–Crippen MR) is 88.3 cm³/mol. The van der Waals surface area contributed by atoms with E-state index in [9.17, 15) is 4.57 Å². The molecule has 0 rings (SSSR count). The number of rotatable bonds is 15. The van der Waals surface area contributed by atoms with Crippen LogP contribution < -0.4 is 0 Å². The lowest BCUT2D eigenvalue weighted by Gasteiger charge is -2.16. The Kier molecular flexibility index (Phi) is 13.8. The van der Waals surface area contributed by atoms with E-state index in [4.69, 9.17) is 14.3 Å². The van der Waals surface area contributed by atoms with Gasteiger partial charge in [0.2, 0.25) is 0 Å². The summed E-state index contributed by atoms with van der Waals surface area (Å²) in [5.74, 6) is 0. The Morgan fingerprint density at radius 1 is 0.810 bits per heavy atom. The standard InChI is InChI=1S/C16H35O4P/c1-3-5-6-7-8-9-10-11-12-13-14-15-16(4-2)20-21(17,18)19/h16H,3-15H2,1-2H3,(H2,17,18,19). The van der Waals surface area contributed by atoms with Crippen LogP contribution >= 0.6 is 7.82 Å². The van der Waals surface area contributed by atoms with Gasteiger partial charge in [-0.1, -0.05) is 84.5 Å². The van der Waals surface area contributed by atoms with Gasteiger partial charge >= 0.3 is 7.82 Å². The highest BCUT2D eigenvalue weighted by atomic mass is 31.2. The second-order valence-corrected chi connectivity index (χ2v) is 7.14. The summed E-state index contributed by atoms with van der Waals surface area (Å²) < 4.78 is 15.5. The Balaban J connectivity index is 3.33. The van der Waals surface area contributed by atoms with E-state index in [0.29, 0.717) is 6.42 Å². The van der Waals surface area contributed by atoms with Crippen LogP contribution in [0.1, 0.15) is 97.3 Å². The van der Waals surface area contributed by atoms with Crippen molar-refractivity contribution in [2.45, 2.75) is 103 Å². The molecule has 0 spiro atoms. The number of hydrogen-bond donors (Lipinski definition) is 2. The minimum absolute atomic E-state index is 0.301. The van der Waals surface area contributed by atoms with E-state index in [0.717, 1.165) is 19.3 Å². The first-order valence-electron chi connectivity index (χ1n) is 8.73. The molecule has 0 aliphatic rings. The zero-order chi connectivity index (χ0) is 16.0. The highest BCUT2D eigenvalue weighted by molar-refractivity contribution is 7.46. The maximum atomic E-state index is 10.8. The summed E-state index contributed by atoms with van der Waals surface area (Å²) in [4.78, 5) is 17.6. The Morgan fingerprint density at radius 3 is 1.62 bits per heavy atom. The fraction of sp³-hybridized carbons (Fsp3) is 1.00. The van der Waals surface area contributed by atoms with E-state index < -0.39 is 7.82 Å². The van der Waals surface area contributed by atoms with Gasteiger partial charge in [-0.05, 0) is 12.8 Å². The van der Waals surface area contributed by atoms with Gasteiger partial charge in [-0.2, -0.15) is 0 Å². The molecule has 1 atom stereocenters. The maximum absolute atomic E-state index is 10.8. The number of unbranched alkanes of at least 4 members (excludes halogenated alkanes) is 10. The van der Waals surface area contributed by atoms with Crippen LogP contribution in [0.2, 0.25) is 0 Å². The highest BCUT2D eigenvalue weighted by Crippen LogP contribution is 2.39. The molecule has 0 bridgehead atoms. The molecule has 21 heavy (non-hydrogen) atoms. The molecule has 0 aliphatic heterocycles. The fourth-order valence-corrected chi connectivity index (χ4v) is 3.20. The summed E-state index contributed by atoms with van der Waals surface area (Å²) in [5.41, 5.74) is 0. The van der Waals surface area contributed by atoms with Crippen molar-refractivity contribution in [1.82, 2.24) is 0 Å². The van der Waals surface area contributed by atoms with Crippen LogP contribution in [0.4, 0.5) is 0 Å². The van der Waals surface area contributed by atoms with Crippen LogP contribution in [0.3, 0.4) is 0 Å². The third kappa shape index (κ3) is 16.3. The highest BCUT2D eigenvalue weighted by Gasteiger charge is 2.20. The fourth-order valence-electron chi connectivity index (χ4n) is 2.56. The summed E-state index contributed by atoms with van der Waals surface area (Å²) in [5, 5.41) is 0. The molecule has 0 saturated heterocycles. The molecule has 0 aromatic heterocycles. The molecule has 0 aromatic carbocycles. The van der Waals surface area contributed by atoms with Gasteiger partial charge in [-0.25, -0.2) is 4.57 Å². The normalized spacial score (nSPS) is 13.5. The first-order chi connectivity index (χ1) is 9.99. The van der Waals surface area contributed by atoms with Crippen LogP contribution in [0.15, 0.2) is 0 Å². The number of phosphoric acid groups is 1. The third-order valence-electron chi connectivity index (χ3n) is 3.87. The lowest BCUT2D eigenvalue weighted by atomic mass is 10.0. The molecule has 0 saturated carbocycles. The molecule has 128 valence electrons. The van der Waals surface area contributed by atoms with Crippen LogP contribution in [0, 0.1) is 0 Å². The molecule has 5 heteroatoms. The Labute approximate surface area is 130 Å². The molecule has 0 aliphatic carbocycles. The van der Waals surface area contributed by atoms with Gasteiger partial charge in [0.15, 0.2) is 0 Å². The molecule has 0 amide bonds. The predicted octanol–water partition coefficient (Wildman–Crippen LogP) is 5.58. The SMILES string of the molecule is CCCCCCCCCCCCCC(CC)OP(=O)(O)O. The molecule has 0 radical (unpaired) electrons. The van der Waals surface area contributed by atoms with Crippen molar-refractivity contribution < 1.29 is 18.9 Å². The Morgan fingerprint density at radius 2 is 1.24 bits per heavy atom. The minimum Gasteiger partial charge on any atom is -0.303 e. The lowest BCUT2D eigenvalue weighted by molar-refractivity contribution is 0.121. The molecule has 0 heterocycles. The maximum Gasteiger partial charge on any atom is 0.469 e. The summed E-state index contributed by atoms with van der Waals surface area (Å²) in [6.45, 7) is 4.15. The smallest absolute Gasteiger partial charge is 0.303 e. The van der Waals surface area contributed by atoms with Crippen LogP contribution in [-0.4, -0.2) is 15.9 Å². The van der Waals surface area contributed by atoms with Crippen molar-refractivity contribution >= 4 is 7.82 Å². The summed E-state index contributed by atoms with van der Waals surface area (Å²) in [7, 11) is -4.32. The number of phosphoric ester groups is 1. The molecule has 0 aromatic rings. The summed E-state index contributed by atoms with van der Waals surface area (Å²) in [6, 6.07) is 0. The van der Waals surface area contributed by atoms with Crippen LogP contribution in [0.25, 0.3) is 0 Å². The van der Waals surface area contributed by atoms with E-state index >= 15 is 0 Å². The van der Waals surface area contributed by atoms with E-state index in [1.807, 2.05) is 6.92 Å². The van der Waals surface area contributed by atoms with E-state index in [2.05, 4.69) is 6.92 Å². The third-order valence-corrected chi connectivity index (χ3v) is 4.44. The van der Waals surface area contributed by atoms with Gasteiger partial charge in [-0.3, -0.25) is 4.52 Å². The van der Waals surface area contributed by atoms with Crippen molar-refractivity contribution in [3.8, 4) is 0 Å². The molecule has 2 N–H and O–H groups in total. The first kappa shape index (κ1) is 21.1. The minimum atomic E-state index is -4.32.